The van der Waals surface area contributed by atoms with Crippen molar-refractivity contribution in [2.75, 3.05) is 44.2 Å². The molecule has 3 aliphatic heterocycles. The Morgan fingerprint density at radius 3 is 2.42 bits per heavy atom. The van der Waals surface area contributed by atoms with E-state index in [4.69, 9.17) is 4.74 Å². The topological polar surface area (TPSA) is 102 Å². The number of amides is 2. The van der Waals surface area contributed by atoms with Gasteiger partial charge in [-0.25, -0.2) is 0 Å². The van der Waals surface area contributed by atoms with Crippen molar-refractivity contribution in [1.82, 2.24) is 15.1 Å². The second kappa shape index (κ2) is 10.5. The van der Waals surface area contributed by atoms with E-state index < -0.39 is 24.3 Å². The number of fused-ring (bicyclic) bond motifs is 1. The molecular formula is C27H38N4O5. The first kappa shape index (κ1) is 25.2. The highest BCUT2D eigenvalue weighted by Crippen LogP contribution is 2.29. The molecule has 5 rings (SSSR count). The van der Waals surface area contributed by atoms with Gasteiger partial charge in [0.1, 0.15) is 30.9 Å². The predicted octanol–water partition coefficient (Wildman–Crippen LogP) is 1.05. The van der Waals surface area contributed by atoms with Gasteiger partial charge < -0.3 is 25.0 Å². The maximum absolute atomic E-state index is 13.4. The summed E-state index contributed by atoms with van der Waals surface area (Å²) in [7, 11) is 0. The van der Waals surface area contributed by atoms with Crippen molar-refractivity contribution in [3.8, 4) is 0 Å². The number of carbonyl (C=O) groups excluding carboxylic acids is 3. The van der Waals surface area contributed by atoms with Crippen LogP contribution in [0.1, 0.15) is 49.9 Å². The van der Waals surface area contributed by atoms with Crippen LogP contribution in [0, 0.1) is 5.92 Å². The summed E-state index contributed by atoms with van der Waals surface area (Å²) >= 11 is 0. The third-order valence-corrected chi connectivity index (χ3v) is 8.15. The van der Waals surface area contributed by atoms with E-state index in [1.165, 1.54) is 24.2 Å². The number of hydrogen-bond acceptors (Lipinski definition) is 7. The van der Waals surface area contributed by atoms with Crippen LogP contribution in [0.3, 0.4) is 0 Å². The van der Waals surface area contributed by atoms with Gasteiger partial charge in [-0.05, 0) is 49.4 Å². The van der Waals surface area contributed by atoms with E-state index in [0.29, 0.717) is 12.0 Å². The molecule has 196 valence electrons. The van der Waals surface area contributed by atoms with E-state index in [1.807, 2.05) is 38.1 Å². The number of aliphatic hydroxyl groups is 1. The lowest BCUT2D eigenvalue weighted by atomic mass is 9.91. The van der Waals surface area contributed by atoms with Crippen LogP contribution >= 0.6 is 0 Å². The number of benzene rings is 1. The highest BCUT2D eigenvalue weighted by Gasteiger charge is 2.52. The van der Waals surface area contributed by atoms with Gasteiger partial charge in [0, 0.05) is 43.5 Å². The van der Waals surface area contributed by atoms with Gasteiger partial charge in [-0.15, -0.1) is 0 Å². The number of anilines is 1. The number of β-amino-alcohol motifs (C(OH)–C–C–N with tert-alkyl or cyclic N) is 1. The van der Waals surface area contributed by atoms with E-state index in [2.05, 4.69) is 15.1 Å². The molecule has 0 aromatic heterocycles. The molecule has 1 aliphatic carbocycles. The molecule has 2 N–H and O–H groups in total. The van der Waals surface area contributed by atoms with E-state index in [0.717, 1.165) is 37.9 Å². The molecule has 3 heterocycles. The number of ether oxygens (including phenoxy) is 1. The molecule has 2 amide bonds. The van der Waals surface area contributed by atoms with Crippen molar-refractivity contribution in [1.29, 1.82) is 0 Å². The van der Waals surface area contributed by atoms with Gasteiger partial charge in [-0.3, -0.25) is 19.3 Å². The van der Waals surface area contributed by atoms with Gasteiger partial charge in [0.2, 0.25) is 5.91 Å². The van der Waals surface area contributed by atoms with E-state index in [9.17, 15) is 19.5 Å². The lowest BCUT2D eigenvalue weighted by molar-refractivity contribution is -0.138. The van der Waals surface area contributed by atoms with E-state index in [1.54, 1.807) is 0 Å². The van der Waals surface area contributed by atoms with Crippen molar-refractivity contribution in [3.63, 3.8) is 0 Å². The molecule has 1 aromatic carbocycles. The van der Waals surface area contributed by atoms with Crippen molar-refractivity contribution in [2.24, 2.45) is 5.92 Å². The van der Waals surface area contributed by atoms with Gasteiger partial charge in [-0.2, -0.15) is 0 Å². The molecule has 36 heavy (non-hydrogen) atoms. The normalized spacial score (nSPS) is 27.8. The van der Waals surface area contributed by atoms with Crippen LogP contribution in [0.15, 0.2) is 24.3 Å². The first-order chi connectivity index (χ1) is 17.3. The van der Waals surface area contributed by atoms with Gasteiger partial charge >= 0.3 is 0 Å². The highest BCUT2D eigenvalue weighted by molar-refractivity contribution is 5.99. The van der Waals surface area contributed by atoms with Gasteiger partial charge in [-0.1, -0.05) is 20.3 Å². The summed E-state index contributed by atoms with van der Waals surface area (Å²) < 4.78 is 5.39. The summed E-state index contributed by atoms with van der Waals surface area (Å²) in [6.07, 6.45) is 2.86. The van der Waals surface area contributed by atoms with Crippen LogP contribution in [-0.4, -0.2) is 102 Å². The Labute approximate surface area is 212 Å². The lowest BCUT2D eigenvalue weighted by Gasteiger charge is -2.43. The number of ketones is 1. The van der Waals surface area contributed by atoms with E-state index >= 15 is 0 Å². The largest absolute Gasteiger partial charge is 0.388 e. The molecular weight excluding hydrogens is 460 g/mol. The lowest BCUT2D eigenvalue weighted by Crippen LogP contribution is -2.52. The Morgan fingerprint density at radius 1 is 1.11 bits per heavy atom. The fraction of sp³-hybridized carbons (Fsp3) is 0.667. The zero-order valence-corrected chi connectivity index (χ0v) is 21.3. The number of nitrogens with one attached hydrogen (secondary N) is 1. The molecule has 1 aromatic rings. The average molecular weight is 499 g/mol. The molecule has 4 aliphatic rings. The van der Waals surface area contributed by atoms with Gasteiger partial charge in [0.05, 0.1) is 6.54 Å². The maximum atomic E-state index is 13.4. The first-order valence-corrected chi connectivity index (χ1v) is 13.3. The minimum atomic E-state index is -0.899. The predicted molar refractivity (Wildman–Crippen MR) is 135 cm³/mol. The number of piperazine rings is 1. The standard InChI is InChI=1S/C27H38N4O5/c1-17(2)14-21(27(35)31-15-22(32)25-24(31)23(33)16-36-25)28-26(34)18-6-8-20(9-7-18)30-12-10-29(11-13-30)19-4-3-5-19/h6-9,17,19,21-22,24-25,32H,3-5,10-16H2,1-2H3,(H,28,34)/t21-,22-,24+,25+/m0/s1. The number of nitrogens with zero attached hydrogens (tertiary/aromatic N) is 3. The molecule has 9 heteroatoms. The van der Waals surface area contributed by atoms with Crippen molar-refractivity contribution >= 4 is 23.3 Å². The van der Waals surface area contributed by atoms with E-state index in [-0.39, 0.29) is 36.7 Å². The van der Waals surface area contributed by atoms with Crippen molar-refractivity contribution in [2.45, 2.75) is 69.9 Å². The number of hydrogen-bond donors (Lipinski definition) is 2. The molecule has 3 saturated heterocycles. The van der Waals surface area contributed by atoms with Crippen LogP contribution in [0.5, 0.6) is 0 Å². The molecule has 0 bridgehead atoms. The number of Topliss-reactive ketones (excluding diaryl/α,β-unsaturated/α-hetero) is 1. The third kappa shape index (κ3) is 5.01. The monoisotopic (exact) mass is 498 g/mol. The van der Waals surface area contributed by atoms with Crippen LogP contribution in [-0.2, 0) is 14.3 Å². The molecule has 0 unspecified atom stereocenters. The van der Waals surface area contributed by atoms with Crippen molar-refractivity contribution in [3.05, 3.63) is 29.8 Å². The fourth-order valence-corrected chi connectivity index (χ4v) is 5.91. The van der Waals surface area contributed by atoms with Crippen molar-refractivity contribution < 1.29 is 24.2 Å². The Hall–Kier alpha value is -2.49. The third-order valence-electron chi connectivity index (χ3n) is 8.15. The first-order valence-electron chi connectivity index (χ1n) is 13.3. The Morgan fingerprint density at radius 2 is 1.81 bits per heavy atom. The molecule has 9 nitrogen and oxygen atoms in total. The van der Waals surface area contributed by atoms with Crippen LogP contribution in [0.4, 0.5) is 5.69 Å². The molecule has 4 atom stereocenters. The summed E-state index contributed by atoms with van der Waals surface area (Å²) in [6, 6.07) is 6.79. The molecule has 4 fully saturated rings. The number of rotatable bonds is 7. The Kier molecular flexibility index (Phi) is 7.32. The number of carbonyl (C=O) groups is 3. The fourth-order valence-electron chi connectivity index (χ4n) is 5.91. The zero-order chi connectivity index (χ0) is 25.4. The van der Waals surface area contributed by atoms with Crippen LogP contribution in [0.2, 0.25) is 0 Å². The van der Waals surface area contributed by atoms with Gasteiger partial charge in [0.25, 0.3) is 5.91 Å². The average Bonchev–Trinajstić information content (AvgIpc) is 3.38. The maximum Gasteiger partial charge on any atom is 0.251 e. The van der Waals surface area contributed by atoms with Crippen LogP contribution < -0.4 is 10.2 Å². The second-order valence-electron chi connectivity index (χ2n) is 11.1. The summed E-state index contributed by atoms with van der Waals surface area (Å²) in [5.74, 6) is -0.716. The Bertz CT molecular complexity index is 971. The Balaban J connectivity index is 1.21. The number of aliphatic hydroxyl groups excluding tert-OH is 1. The van der Waals surface area contributed by atoms with Gasteiger partial charge in [0.15, 0.2) is 5.78 Å². The summed E-state index contributed by atoms with van der Waals surface area (Å²) in [4.78, 5) is 45.2. The molecule has 0 radical (unpaired) electrons. The summed E-state index contributed by atoms with van der Waals surface area (Å²) in [5.41, 5.74) is 1.60. The van der Waals surface area contributed by atoms with Crippen LogP contribution in [0.25, 0.3) is 0 Å². The quantitative estimate of drug-likeness (QED) is 0.579. The minimum Gasteiger partial charge on any atom is -0.388 e. The summed E-state index contributed by atoms with van der Waals surface area (Å²) in [5, 5.41) is 13.2. The molecule has 0 spiro atoms. The summed E-state index contributed by atoms with van der Waals surface area (Å²) in [6.45, 7) is 8.03. The highest BCUT2D eigenvalue weighted by atomic mass is 16.5. The smallest absolute Gasteiger partial charge is 0.251 e. The minimum absolute atomic E-state index is 0.0348. The number of likely N-dealkylation sites (tertiary alicyclic amines) is 1. The zero-order valence-electron chi connectivity index (χ0n) is 21.3. The SMILES string of the molecule is CC(C)C[C@H](NC(=O)c1ccc(N2CCN(C3CCC3)CC2)cc1)C(=O)N1C[C@H](O)[C@H]2OCC(=O)[C@H]21. The molecule has 1 saturated carbocycles. The second-order valence-corrected chi connectivity index (χ2v) is 11.1.